The van der Waals surface area contributed by atoms with Gasteiger partial charge in [0.25, 0.3) is 5.91 Å². The van der Waals surface area contributed by atoms with Crippen LogP contribution >= 0.6 is 23.4 Å². The van der Waals surface area contributed by atoms with Gasteiger partial charge in [0.15, 0.2) is 11.0 Å². The molecule has 3 amide bonds. The van der Waals surface area contributed by atoms with Crippen molar-refractivity contribution in [3.63, 3.8) is 0 Å². The van der Waals surface area contributed by atoms with Crippen LogP contribution in [0.15, 0.2) is 59.8 Å². The predicted molar refractivity (Wildman–Crippen MR) is 121 cm³/mol. The van der Waals surface area contributed by atoms with Crippen LogP contribution in [0.1, 0.15) is 19.4 Å². The molecule has 0 saturated carbocycles. The lowest BCUT2D eigenvalue weighted by Gasteiger charge is -2.16. The molecule has 1 aliphatic rings. The van der Waals surface area contributed by atoms with Crippen molar-refractivity contribution in [3.05, 3.63) is 65.2 Å². The van der Waals surface area contributed by atoms with E-state index >= 15 is 0 Å². The van der Waals surface area contributed by atoms with E-state index in [0.29, 0.717) is 34.8 Å². The van der Waals surface area contributed by atoms with Crippen LogP contribution in [0.4, 0.5) is 4.79 Å². The van der Waals surface area contributed by atoms with Gasteiger partial charge in [0.1, 0.15) is 5.54 Å². The van der Waals surface area contributed by atoms with Gasteiger partial charge in [-0.25, -0.2) is 4.79 Å². The Morgan fingerprint density at radius 1 is 1.03 bits per heavy atom. The van der Waals surface area contributed by atoms with E-state index < -0.39 is 5.54 Å². The lowest BCUT2D eigenvalue weighted by atomic mass is 10.1. The first-order valence-electron chi connectivity index (χ1n) is 9.86. The number of rotatable bonds is 7. The highest BCUT2D eigenvalue weighted by Crippen LogP contribution is 2.30. The number of nitrogens with zero attached hydrogens (tertiary/aromatic N) is 4. The molecule has 7 nitrogen and oxygen atoms in total. The molecule has 0 spiro atoms. The number of halogens is 1. The van der Waals surface area contributed by atoms with Crippen molar-refractivity contribution in [1.29, 1.82) is 0 Å². The standard InChI is InChI=1S/C22H22ClN5O2S/c1-22(2)19(29)27(20(30)24-22)12-13-31-21-26-25-18(16-10-6-7-11-17(16)23)28(21)14-15-8-4-3-5-9-15/h3-11H,12-14H2,1-2H3,(H,24,30). The number of carbonyl (C=O) groups is 2. The van der Waals surface area contributed by atoms with Crippen molar-refractivity contribution in [2.24, 2.45) is 0 Å². The molecule has 0 atom stereocenters. The quantitative estimate of drug-likeness (QED) is 0.429. The molecule has 1 aliphatic heterocycles. The highest BCUT2D eigenvalue weighted by atomic mass is 35.5. The number of aromatic nitrogens is 3. The Bertz CT molecular complexity index is 1120. The van der Waals surface area contributed by atoms with Crippen molar-refractivity contribution >= 4 is 35.3 Å². The van der Waals surface area contributed by atoms with Crippen molar-refractivity contribution in [1.82, 2.24) is 25.0 Å². The number of hydrogen-bond donors (Lipinski definition) is 1. The molecular weight excluding hydrogens is 434 g/mol. The molecule has 1 fully saturated rings. The fraction of sp³-hybridized carbons (Fsp3) is 0.273. The van der Waals surface area contributed by atoms with Gasteiger partial charge < -0.3 is 5.32 Å². The summed E-state index contributed by atoms with van der Waals surface area (Å²) < 4.78 is 2.01. The van der Waals surface area contributed by atoms with Gasteiger partial charge in [0.2, 0.25) is 0 Å². The maximum Gasteiger partial charge on any atom is 0.325 e. The number of carbonyl (C=O) groups excluding carboxylic acids is 2. The Balaban J connectivity index is 1.57. The van der Waals surface area contributed by atoms with Crippen molar-refractivity contribution in [2.75, 3.05) is 12.3 Å². The zero-order valence-electron chi connectivity index (χ0n) is 17.2. The fourth-order valence-corrected chi connectivity index (χ4v) is 4.48. The highest BCUT2D eigenvalue weighted by Gasteiger charge is 2.43. The van der Waals surface area contributed by atoms with Crippen LogP contribution in [0.2, 0.25) is 5.02 Å². The maximum atomic E-state index is 12.4. The average molecular weight is 456 g/mol. The largest absolute Gasteiger partial charge is 0.325 e. The zero-order chi connectivity index (χ0) is 22.0. The van der Waals surface area contributed by atoms with Crippen molar-refractivity contribution < 1.29 is 9.59 Å². The minimum Gasteiger partial charge on any atom is -0.324 e. The van der Waals surface area contributed by atoms with Gasteiger partial charge in [-0.05, 0) is 31.5 Å². The third-order valence-corrected chi connectivity index (χ3v) is 6.28. The minimum absolute atomic E-state index is 0.222. The molecular formula is C22H22ClN5O2S. The van der Waals surface area contributed by atoms with Crippen LogP contribution in [0.25, 0.3) is 11.4 Å². The molecule has 4 rings (SSSR count). The SMILES string of the molecule is CC1(C)NC(=O)N(CCSc2nnc(-c3ccccc3Cl)n2Cc2ccccc2)C1=O. The second-order valence-electron chi connectivity index (χ2n) is 7.72. The Hall–Kier alpha value is -2.84. The first kappa shape index (κ1) is 21.4. The third kappa shape index (κ3) is 4.45. The van der Waals surface area contributed by atoms with E-state index in [1.165, 1.54) is 16.7 Å². The summed E-state index contributed by atoms with van der Waals surface area (Å²) in [5.74, 6) is 0.957. The van der Waals surface area contributed by atoms with Crippen LogP contribution in [0, 0.1) is 0 Å². The summed E-state index contributed by atoms with van der Waals surface area (Å²) in [6, 6.07) is 17.2. The Kier molecular flexibility index (Phi) is 6.02. The van der Waals surface area contributed by atoms with E-state index in [1.54, 1.807) is 13.8 Å². The molecule has 1 N–H and O–H groups in total. The highest BCUT2D eigenvalue weighted by molar-refractivity contribution is 7.99. The van der Waals surface area contributed by atoms with E-state index in [-0.39, 0.29) is 11.9 Å². The van der Waals surface area contributed by atoms with Crippen LogP contribution in [-0.2, 0) is 11.3 Å². The second kappa shape index (κ2) is 8.72. The molecule has 31 heavy (non-hydrogen) atoms. The van der Waals surface area contributed by atoms with Gasteiger partial charge in [-0.15, -0.1) is 10.2 Å². The van der Waals surface area contributed by atoms with E-state index in [0.717, 1.165) is 11.1 Å². The summed E-state index contributed by atoms with van der Waals surface area (Å²) in [4.78, 5) is 25.8. The Morgan fingerprint density at radius 3 is 2.42 bits per heavy atom. The summed E-state index contributed by atoms with van der Waals surface area (Å²) in [6.07, 6.45) is 0. The maximum absolute atomic E-state index is 12.4. The molecule has 0 radical (unpaired) electrons. The van der Waals surface area contributed by atoms with E-state index in [2.05, 4.69) is 15.5 Å². The number of benzene rings is 2. The van der Waals surface area contributed by atoms with Gasteiger partial charge in [-0.2, -0.15) is 0 Å². The predicted octanol–water partition coefficient (Wildman–Crippen LogP) is 4.07. The lowest BCUT2D eigenvalue weighted by molar-refractivity contribution is -0.130. The minimum atomic E-state index is -0.869. The number of hydrogen-bond acceptors (Lipinski definition) is 5. The summed E-state index contributed by atoms with van der Waals surface area (Å²) in [5.41, 5.74) is 1.04. The number of thioether (sulfide) groups is 1. The Labute approximate surface area is 189 Å². The molecule has 9 heteroatoms. The van der Waals surface area contributed by atoms with Crippen LogP contribution in [-0.4, -0.2) is 49.4 Å². The lowest BCUT2D eigenvalue weighted by Crippen LogP contribution is -2.40. The topological polar surface area (TPSA) is 80.1 Å². The molecule has 0 unspecified atom stereocenters. The van der Waals surface area contributed by atoms with Crippen LogP contribution in [0.5, 0.6) is 0 Å². The van der Waals surface area contributed by atoms with Gasteiger partial charge >= 0.3 is 6.03 Å². The Morgan fingerprint density at radius 2 is 1.74 bits per heavy atom. The van der Waals surface area contributed by atoms with Crippen molar-refractivity contribution in [3.8, 4) is 11.4 Å². The molecule has 0 aliphatic carbocycles. The zero-order valence-corrected chi connectivity index (χ0v) is 18.8. The van der Waals surface area contributed by atoms with E-state index in [1.807, 2.05) is 59.2 Å². The monoisotopic (exact) mass is 455 g/mol. The first-order chi connectivity index (χ1) is 14.9. The molecule has 0 bridgehead atoms. The van der Waals surface area contributed by atoms with E-state index in [9.17, 15) is 9.59 Å². The van der Waals surface area contributed by atoms with Gasteiger partial charge in [0, 0.05) is 17.9 Å². The summed E-state index contributed by atoms with van der Waals surface area (Å²) >= 11 is 7.87. The van der Waals surface area contributed by atoms with Crippen LogP contribution < -0.4 is 5.32 Å². The number of amides is 3. The summed E-state index contributed by atoms with van der Waals surface area (Å²) in [5, 5.41) is 12.8. The van der Waals surface area contributed by atoms with Crippen molar-refractivity contribution in [2.45, 2.75) is 31.1 Å². The molecule has 160 valence electrons. The van der Waals surface area contributed by atoms with Gasteiger partial charge in [-0.3, -0.25) is 14.3 Å². The number of urea groups is 1. The second-order valence-corrected chi connectivity index (χ2v) is 9.19. The normalized spacial score (nSPS) is 15.4. The first-order valence-corrected chi connectivity index (χ1v) is 11.2. The molecule has 3 aromatic rings. The molecule has 1 saturated heterocycles. The summed E-state index contributed by atoms with van der Waals surface area (Å²) in [7, 11) is 0. The smallest absolute Gasteiger partial charge is 0.324 e. The number of imide groups is 1. The number of nitrogens with one attached hydrogen (secondary N) is 1. The molecule has 2 heterocycles. The molecule has 1 aromatic heterocycles. The average Bonchev–Trinajstić information content (AvgIpc) is 3.21. The third-order valence-electron chi connectivity index (χ3n) is 5.01. The summed E-state index contributed by atoms with van der Waals surface area (Å²) in [6.45, 7) is 4.27. The molecule has 2 aromatic carbocycles. The van der Waals surface area contributed by atoms with Crippen LogP contribution in [0.3, 0.4) is 0 Å². The fourth-order valence-electron chi connectivity index (χ4n) is 3.40. The van der Waals surface area contributed by atoms with Gasteiger partial charge in [-0.1, -0.05) is 65.8 Å². The van der Waals surface area contributed by atoms with E-state index in [4.69, 9.17) is 11.6 Å². The van der Waals surface area contributed by atoms with Gasteiger partial charge in [0.05, 0.1) is 11.6 Å².